The predicted octanol–water partition coefficient (Wildman–Crippen LogP) is 8.52. The van der Waals surface area contributed by atoms with E-state index in [1.807, 2.05) is 97.1 Å². The third-order valence-electron chi connectivity index (χ3n) is 11.3. The predicted molar refractivity (Wildman–Crippen MR) is 227 cm³/mol. The second-order valence-electron chi connectivity index (χ2n) is 14.3. The standard InChI is InChI=1S/C46H36N4O4P2/c51-39-35-25-13-14-26-36(35)40(52)48-44(32-19-7-2-8-20-32)55(43(47(39)48)31-17-5-1-6-18-31)29-30-56-45(33-21-9-3-10-22-33)49-41(53)37-27-15-16-28-38(37)42(54)50(49)46(56)34-23-11-4-12-24-34/h1-28,43-46H,29-30H2/t43-,44-,45-,46-/m0/s1. The van der Waals surface area contributed by atoms with Crippen LogP contribution in [0.5, 0.6) is 0 Å². The summed E-state index contributed by atoms with van der Waals surface area (Å²) in [4.78, 5) is 58.8. The Morgan fingerprint density at radius 3 is 0.714 bits per heavy atom. The fraction of sp³-hybridized carbons (Fsp3) is 0.130. The minimum atomic E-state index is -1.19. The number of hydrogen-bond donors (Lipinski definition) is 0. The molecule has 0 saturated heterocycles. The van der Waals surface area contributed by atoms with Gasteiger partial charge in [0.1, 0.15) is 23.1 Å². The number of fused-ring (bicyclic) bond motifs is 4. The van der Waals surface area contributed by atoms with Crippen LogP contribution in [0.25, 0.3) is 21.5 Å². The van der Waals surface area contributed by atoms with Crippen LogP contribution in [0.3, 0.4) is 0 Å². The van der Waals surface area contributed by atoms with Gasteiger partial charge in [0.2, 0.25) is 0 Å². The summed E-state index contributed by atoms with van der Waals surface area (Å²) in [6.07, 6.45) is 1.35. The van der Waals surface area contributed by atoms with E-state index in [2.05, 4.69) is 48.5 Å². The molecule has 4 atom stereocenters. The van der Waals surface area contributed by atoms with Crippen molar-refractivity contribution in [2.75, 3.05) is 12.3 Å². The molecular weight excluding hydrogens is 734 g/mol. The monoisotopic (exact) mass is 770 g/mol. The van der Waals surface area contributed by atoms with Gasteiger partial charge in [-0.15, -0.1) is 0 Å². The summed E-state index contributed by atoms with van der Waals surface area (Å²) in [5.74, 6) is -1.56. The van der Waals surface area contributed by atoms with E-state index in [0.717, 1.165) is 22.3 Å². The molecule has 0 unspecified atom stereocenters. The molecule has 2 aliphatic rings. The van der Waals surface area contributed by atoms with Crippen molar-refractivity contribution in [3.05, 3.63) is 234 Å². The van der Waals surface area contributed by atoms with Crippen molar-refractivity contribution >= 4 is 37.4 Å². The normalized spacial score (nSPS) is 19.4. The van der Waals surface area contributed by atoms with E-state index in [0.29, 0.717) is 33.9 Å². The van der Waals surface area contributed by atoms with E-state index >= 15 is 0 Å². The molecule has 10 rings (SSSR count). The quantitative estimate of drug-likeness (QED) is 0.152. The summed E-state index contributed by atoms with van der Waals surface area (Å²) in [5, 5.41) is 1.64. The topological polar surface area (TPSA) is 88.0 Å². The summed E-state index contributed by atoms with van der Waals surface area (Å²) in [5.41, 5.74) is 3.15. The van der Waals surface area contributed by atoms with E-state index < -0.39 is 15.8 Å². The summed E-state index contributed by atoms with van der Waals surface area (Å²) in [7, 11) is -2.39. The molecule has 8 aromatic rings. The second kappa shape index (κ2) is 14.0. The van der Waals surface area contributed by atoms with Crippen LogP contribution in [-0.4, -0.2) is 31.1 Å². The van der Waals surface area contributed by atoms with Gasteiger partial charge in [0.05, 0.1) is 21.5 Å². The molecule has 0 aliphatic carbocycles. The number of benzene rings is 6. The SMILES string of the molecule is O=c1c2ccccc2c(=O)n2n1[C@H](c1ccccc1)P(CCP1[C@@H](c3ccccc3)n3c(=O)c4ccccc4c(=O)n3[C@@H]1c1ccccc1)[C@H]2c1ccccc1. The van der Waals surface area contributed by atoms with Gasteiger partial charge in [0.15, 0.2) is 0 Å². The fourth-order valence-corrected chi connectivity index (χ4v) is 16.5. The van der Waals surface area contributed by atoms with Crippen LogP contribution in [0.1, 0.15) is 45.4 Å². The Hall–Kier alpha value is -5.94. The van der Waals surface area contributed by atoms with Gasteiger partial charge < -0.3 is 0 Å². The first kappa shape index (κ1) is 34.5. The van der Waals surface area contributed by atoms with Gasteiger partial charge in [0.25, 0.3) is 22.2 Å². The molecule has 0 amide bonds. The van der Waals surface area contributed by atoms with E-state index in [9.17, 15) is 19.2 Å². The fourth-order valence-electron chi connectivity index (χ4n) is 8.89. The van der Waals surface area contributed by atoms with Crippen molar-refractivity contribution in [1.82, 2.24) is 18.7 Å². The van der Waals surface area contributed by atoms with Crippen LogP contribution < -0.4 is 22.2 Å². The lowest BCUT2D eigenvalue weighted by atomic mass is 10.2. The van der Waals surface area contributed by atoms with Crippen molar-refractivity contribution in [3.63, 3.8) is 0 Å². The molecule has 8 nitrogen and oxygen atoms in total. The zero-order chi connectivity index (χ0) is 37.9. The summed E-state index contributed by atoms with van der Waals surface area (Å²) in [6, 6.07) is 54.5. The zero-order valence-corrected chi connectivity index (χ0v) is 32.0. The van der Waals surface area contributed by atoms with E-state index in [1.165, 1.54) is 0 Å². The highest BCUT2D eigenvalue weighted by atomic mass is 31.1. The van der Waals surface area contributed by atoms with Crippen molar-refractivity contribution in [2.24, 2.45) is 0 Å². The third-order valence-corrected chi connectivity index (χ3v) is 17.7. The van der Waals surface area contributed by atoms with Crippen LogP contribution in [0.2, 0.25) is 0 Å². The highest BCUT2D eigenvalue weighted by Gasteiger charge is 2.48. The van der Waals surface area contributed by atoms with Crippen LogP contribution in [-0.2, 0) is 0 Å². The summed E-state index contributed by atoms with van der Waals surface area (Å²) in [6.45, 7) is 0. The molecule has 0 radical (unpaired) electrons. The van der Waals surface area contributed by atoms with Crippen LogP contribution in [0.4, 0.5) is 0 Å². The Labute approximate surface area is 324 Å². The number of nitrogens with zero attached hydrogens (tertiary/aromatic N) is 4. The van der Waals surface area contributed by atoms with Gasteiger partial charge in [0, 0.05) is 0 Å². The van der Waals surface area contributed by atoms with Crippen LogP contribution >= 0.6 is 15.8 Å². The lowest BCUT2D eigenvalue weighted by molar-refractivity contribution is 0.494. The highest BCUT2D eigenvalue weighted by Crippen LogP contribution is 2.71. The smallest absolute Gasteiger partial charge is 0.267 e. The van der Waals surface area contributed by atoms with E-state index in [-0.39, 0.29) is 45.4 Å². The Morgan fingerprint density at radius 2 is 0.500 bits per heavy atom. The van der Waals surface area contributed by atoms with Crippen LogP contribution in [0, 0.1) is 0 Å². The van der Waals surface area contributed by atoms with Gasteiger partial charge in [-0.25, -0.2) is 18.7 Å². The molecule has 2 aliphatic heterocycles. The molecular formula is C46H36N4O4P2. The molecule has 0 N–H and O–H groups in total. The molecule has 2 aromatic heterocycles. The molecule has 6 aromatic carbocycles. The maximum absolute atomic E-state index is 14.7. The first-order valence-electron chi connectivity index (χ1n) is 18.8. The van der Waals surface area contributed by atoms with E-state index in [4.69, 9.17) is 0 Å². The zero-order valence-electron chi connectivity index (χ0n) is 30.2. The maximum atomic E-state index is 14.7. The molecule has 274 valence electrons. The highest BCUT2D eigenvalue weighted by molar-refractivity contribution is 7.62. The Kier molecular flexibility index (Phi) is 8.62. The number of aromatic nitrogens is 4. The molecule has 0 saturated carbocycles. The lowest BCUT2D eigenvalue weighted by Gasteiger charge is -2.30. The number of hydrogen-bond acceptors (Lipinski definition) is 4. The average Bonchev–Trinajstić information content (AvgIpc) is 3.79. The maximum Gasteiger partial charge on any atom is 0.274 e. The minimum Gasteiger partial charge on any atom is -0.267 e. The van der Waals surface area contributed by atoms with Crippen molar-refractivity contribution in [2.45, 2.75) is 23.1 Å². The second-order valence-corrected chi connectivity index (χ2v) is 19.2. The molecule has 10 heteroatoms. The van der Waals surface area contributed by atoms with Gasteiger partial charge in [-0.1, -0.05) is 146 Å². The van der Waals surface area contributed by atoms with Crippen molar-refractivity contribution in [1.29, 1.82) is 0 Å². The van der Waals surface area contributed by atoms with Gasteiger partial charge in [-0.2, -0.15) is 0 Å². The van der Waals surface area contributed by atoms with Crippen molar-refractivity contribution < 1.29 is 0 Å². The molecule has 56 heavy (non-hydrogen) atoms. The van der Waals surface area contributed by atoms with Gasteiger partial charge >= 0.3 is 0 Å². The minimum absolute atomic E-state index is 0.187. The first-order valence-corrected chi connectivity index (χ1v) is 22.1. The molecule has 0 spiro atoms. The van der Waals surface area contributed by atoms with Gasteiger partial charge in [-0.05, 0) is 74.7 Å². The average molecular weight is 771 g/mol. The van der Waals surface area contributed by atoms with Crippen LogP contribution in [0.15, 0.2) is 189 Å². The Bertz CT molecular complexity index is 2600. The van der Waals surface area contributed by atoms with Gasteiger partial charge in [-0.3, -0.25) is 19.2 Å². The third kappa shape index (κ3) is 5.35. The lowest BCUT2D eigenvalue weighted by Crippen LogP contribution is -2.37. The Balaban J connectivity index is 1.20. The Morgan fingerprint density at radius 1 is 0.304 bits per heavy atom. The molecule has 0 bridgehead atoms. The largest absolute Gasteiger partial charge is 0.274 e. The van der Waals surface area contributed by atoms with E-state index in [1.54, 1.807) is 43.0 Å². The molecule has 4 heterocycles. The first-order chi connectivity index (χ1) is 27.5. The van der Waals surface area contributed by atoms with Crippen molar-refractivity contribution in [3.8, 4) is 0 Å². The number of rotatable bonds is 7. The summed E-state index contributed by atoms with van der Waals surface area (Å²) >= 11 is 0. The molecule has 0 fully saturated rings. The summed E-state index contributed by atoms with van der Waals surface area (Å²) < 4.78 is 6.96.